The summed E-state index contributed by atoms with van der Waals surface area (Å²) >= 11 is 0. The minimum atomic E-state index is -0.0575. The molecule has 0 amide bonds. The van der Waals surface area contributed by atoms with Crippen LogP contribution >= 0.6 is 0 Å². The summed E-state index contributed by atoms with van der Waals surface area (Å²) in [5.41, 5.74) is 2.80. The monoisotopic (exact) mass is 265 g/mol. The minimum Gasteiger partial charge on any atom is -0.315 e. The van der Waals surface area contributed by atoms with Gasteiger partial charge in [-0.3, -0.25) is 0 Å². The van der Waals surface area contributed by atoms with Crippen molar-refractivity contribution >= 4 is 0 Å². The Balaban J connectivity index is 2.40. The van der Waals surface area contributed by atoms with Gasteiger partial charge in [0.1, 0.15) is 5.82 Å². The molecule has 1 rings (SSSR count). The minimum absolute atomic E-state index is 0.0575. The van der Waals surface area contributed by atoms with Crippen molar-refractivity contribution in [2.24, 2.45) is 5.92 Å². The summed E-state index contributed by atoms with van der Waals surface area (Å²) in [7, 11) is 0. The van der Waals surface area contributed by atoms with Gasteiger partial charge in [-0.1, -0.05) is 32.9 Å². The van der Waals surface area contributed by atoms with Crippen molar-refractivity contribution in [3.05, 3.63) is 34.6 Å². The zero-order valence-corrected chi connectivity index (χ0v) is 13.0. The first kappa shape index (κ1) is 16.2. The van der Waals surface area contributed by atoms with Gasteiger partial charge in [-0.2, -0.15) is 0 Å². The fourth-order valence-corrected chi connectivity index (χ4v) is 2.36. The Bertz CT molecular complexity index is 375. The van der Waals surface area contributed by atoms with E-state index in [2.05, 4.69) is 26.1 Å². The second kappa shape index (κ2) is 7.64. The fourth-order valence-electron chi connectivity index (χ4n) is 2.36. The highest BCUT2D eigenvalue weighted by molar-refractivity contribution is 5.30. The van der Waals surface area contributed by atoms with Crippen LogP contribution in [0.1, 0.15) is 50.3 Å². The maximum atomic E-state index is 13.5. The van der Waals surface area contributed by atoms with Crippen molar-refractivity contribution < 1.29 is 4.39 Å². The number of aryl methyl sites for hydroxylation is 3. The molecule has 1 aromatic carbocycles. The number of halogens is 1. The Kier molecular flexibility index (Phi) is 6.50. The van der Waals surface area contributed by atoms with E-state index in [-0.39, 0.29) is 5.82 Å². The molecule has 0 spiro atoms. The van der Waals surface area contributed by atoms with E-state index in [0.717, 1.165) is 24.1 Å². The van der Waals surface area contributed by atoms with Crippen molar-refractivity contribution in [1.82, 2.24) is 5.32 Å². The molecule has 1 aromatic rings. The normalized spacial score (nSPS) is 13.0. The van der Waals surface area contributed by atoms with Crippen molar-refractivity contribution in [2.45, 2.75) is 59.9 Å². The van der Waals surface area contributed by atoms with Gasteiger partial charge in [-0.05, 0) is 62.3 Å². The number of hydrogen-bond acceptors (Lipinski definition) is 1. The van der Waals surface area contributed by atoms with Gasteiger partial charge in [0.25, 0.3) is 0 Å². The highest BCUT2D eigenvalue weighted by Crippen LogP contribution is 2.18. The summed E-state index contributed by atoms with van der Waals surface area (Å²) in [4.78, 5) is 0. The SMILES string of the molecule is Cc1cc(CCC(C)CCNC(C)C)cc(C)c1F. The summed E-state index contributed by atoms with van der Waals surface area (Å²) in [5, 5.41) is 3.45. The number of benzene rings is 1. The van der Waals surface area contributed by atoms with Crippen molar-refractivity contribution in [1.29, 1.82) is 0 Å². The Morgan fingerprint density at radius 1 is 1.05 bits per heavy atom. The van der Waals surface area contributed by atoms with Crippen LogP contribution in [0.15, 0.2) is 12.1 Å². The maximum Gasteiger partial charge on any atom is 0.129 e. The van der Waals surface area contributed by atoms with Gasteiger partial charge in [0, 0.05) is 6.04 Å². The lowest BCUT2D eigenvalue weighted by Gasteiger charge is -2.14. The zero-order valence-electron chi connectivity index (χ0n) is 13.0. The molecule has 0 bridgehead atoms. The molecule has 0 fully saturated rings. The summed E-state index contributed by atoms with van der Waals surface area (Å²) in [6, 6.07) is 4.54. The molecule has 0 aliphatic rings. The standard InChI is InChI=1S/C17H28FN/c1-12(2)19-9-8-13(3)6-7-16-10-14(4)17(18)15(5)11-16/h10-13,19H,6-9H2,1-5H3. The molecule has 1 N–H and O–H groups in total. The van der Waals surface area contributed by atoms with Crippen LogP contribution in [0.4, 0.5) is 4.39 Å². The van der Waals surface area contributed by atoms with Gasteiger partial charge in [0.05, 0.1) is 0 Å². The molecule has 1 atom stereocenters. The van der Waals surface area contributed by atoms with E-state index in [1.54, 1.807) is 0 Å². The van der Waals surface area contributed by atoms with Gasteiger partial charge in [0.15, 0.2) is 0 Å². The lowest BCUT2D eigenvalue weighted by Crippen LogP contribution is -2.25. The van der Waals surface area contributed by atoms with Crippen molar-refractivity contribution in [3.8, 4) is 0 Å². The molecule has 0 aliphatic heterocycles. The highest BCUT2D eigenvalue weighted by Gasteiger charge is 2.07. The largest absolute Gasteiger partial charge is 0.315 e. The van der Waals surface area contributed by atoms with E-state index < -0.39 is 0 Å². The maximum absolute atomic E-state index is 13.5. The van der Waals surface area contributed by atoms with Gasteiger partial charge < -0.3 is 5.32 Å². The van der Waals surface area contributed by atoms with Crippen LogP contribution < -0.4 is 5.32 Å². The molecule has 0 saturated heterocycles. The third-order valence-electron chi connectivity index (χ3n) is 3.61. The summed E-state index contributed by atoms with van der Waals surface area (Å²) in [6.07, 6.45) is 3.42. The average molecular weight is 265 g/mol. The molecule has 0 radical (unpaired) electrons. The molecule has 0 aromatic heterocycles. The first-order chi connectivity index (χ1) is 8.90. The molecule has 108 valence electrons. The molecule has 2 heteroatoms. The van der Waals surface area contributed by atoms with Crippen LogP contribution in [0.2, 0.25) is 0 Å². The molecule has 19 heavy (non-hydrogen) atoms. The van der Waals surface area contributed by atoms with Crippen LogP contribution in [0, 0.1) is 25.6 Å². The van der Waals surface area contributed by atoms with Gasteiger partial charge >= 0.3 is 0 Å². The lowest BCUT2D eigenvalue weighted by molar-refractivity contribution is 0.453. The van der Waals surface area contributed by atoms with E-state index in [9.17, 15) is 4.39 Å². The second-order valence-electron chi connectivity index (χ2n) is 6.08. The topological polar surface area (TPSA) is 12.0 Å². The summed E-state index contributed by atoms with van der Waals surface area (Å²) in [6.45, 7) is 11.4. The first-order valence-electron chi connectivity index (χ1n) is 7.39. The van der Waals surface area contributed by atoms with Crippen LogP contribution in [-0.2, 0) is 6.42 Å². The van der Waals surface area contributed by atoms with Gasteiger partial charge in [-0.15, -0.1) is 0 Å². The molecule has 0 saturated carbocycles. The summed E-state index contributed by atoms with van der Waals surface area (Å²) < 4.78 is 13.5. The predicted octanol–water partition coefficient (Wildman–Crippen LogP) is 4.40. The predicted molar refractivity (Wildman–Crippen MR) is 81.1 cm³/mol. The van der Waals surface area contributed by atoms with E-state index in [0.29, 0.717) is 12.0 Å². The molecular weight excluding hydrogens is 237 g/mol. The molecule has 1 unspecified atom stereocenters. The van der Waals surface area contributed by atoms with Crippen LogP contribution in [0.5, 0.6) is 0 Å². The Morgan fingerprint density at radius 3 is 2.16 bits per heavy atom. The number of nitrogens with one attached hydrogen (secondary N) is 1. The smallest absolute Gasteiger partial charge is 0.129 e. The van der Waals surface area contributed by atoms with Crippen molar-refractivity contribution in [3.63, 3.8) is 0 Å². The van der Waals surface area contributed by atoms with Crippen LogP contribution in [-0.4, -0.2) is 12.6 Å². The zero-order chi connectivity index (χ0) is 14.4. The van der Waals surface area contributed by atoms with Gasteiger partial charge in [0.2, 0.25) is 0 Å². The van der Waals surface area contributed by atoms with Crippen LogP contribution in [0.25, 0.3) is 0 Å². The first-order valence-corrected chi connectivity index (χ1v) is 7.39. The van der Waals surface area contributed by atoms with E-state index in [1.165, 1.54) is 18.4 Å². The lowest BCUT2D eigenvalue weighted by atomic mass is 9.96. The molecule has 0 heterocycles. The fraction of sp³-hybridized carbons (Fsp3) is 0.647. The molecule has 1 nitrogen and oxygen atoms in total. The third kappa shape index (κ3) is 5.73. The van der Waals surface area contributed by atoms with E-state index in [1.807, 2.05) is 26.0 Å². The third-order valence-corrected chi connectivity index (χ3v) is 3.61. The van der Waals surface area contributed by atoms with Gasteiger partial charge in [-0.25, -0.2) is 4.39 Å². The Hall–Kier alpha value is -0.890. The van der Waals surface area contributed by atoms with Crippen molar-refractivity contribution in [2.75, 3.05) is 6.54 Å². The van der Waals surface area contributed by atoms with E-state index in [4.69, 9.17) is 0 Å². The summed E-state index contributed by atoms with van der Waals surface area (Å²) in [5.74, 6) is 0.648. The average Bonchev–Trinajstić information content (AvgIpc) is 2.32. The second-order valence-corrected chi connectivity index (χ2v) is 6.08. The van der Waals surface area contributed by atoms with E-state index >= 15 is 0 Å². The Morgan fingerprint density at radius 2 is 1.63 bits per heavy atom. The molecular formula is C17H28FN. The Labute approximate surface area is 117 Å². The number of rotatable bonds is 7. The quantitative estimate of drug-likeness (QED) is 0.770. The highest BCUT2D eigenvalue weighted by atomic mass is 19.1. The number of hydrogen-bond donors (Lipinski definition) is 1. The molecule has 0 aliphatic carbocycles. The van der Waals surface area contributed by atoms with Crippen LogP contribution in [0.3, 0.4) is 0 Å².